The minimum Gasteiger partial charge on any atom is -0.298 e. The van der Waals surface area contributed by atoms with Crippen LogP contribution in [0.2, 0.25) is 0 Å². The van der Waals surface area contributed by atoms with E-state index < -0.39 is 5.82 Å². The van der Waals surface area contributed by atoms with Crippen LogP contribution in [0.3, 0.4) is 0 Å². The van der Waals surface area contributed by atoms with E-state index in [4.69, 9.17) is 5.26 Å². The van der Waals surface area contributed by atoms with Crippen molar-refractivity contribution in [2.75, 3.05) is 0 Å². The fourth-order valence-corrected chi connectivity index (χ4v) is 1.73. The third-order valence-electron chi connectivity index (χ3n) is 1.54. The lowest BCUT2D eigenvalue weighted by Gasteiger charge is -2.01. The molecule has 0 aliphatic carbocycles. The summed E-state index contributed by atoms with van der Waals surface area (Å²) < 4.78 is 13.6. The van der Waals surface area contributed by atoms with Crippen LogP contribution in [0, 0.1) is 20.7 Å². The summed E-state index contributed by atoms with van der Waals surface area (Å²) in [5, 5.41) is 8.38. The van der Waals surface area contributed by atoms with E-state index in [0.717, 1.165) is 0 Å². The Morgan fingerprint density at radius 1 is 1.62 bits per heavy atom. The number of aldehydes is 1. The molecule has 0 aliphatic heterocycles. The molecule has 0 N–H and O–H groups in total. The van der Waals surface area contributed by atoms with Gasteiger partial charge < -0.3 is 0 Å². The van der Waals surface area contributed by atoms with Crippen LogP contribution in [0.1, 0.15) is 15.9 Å². The molecule has 0 amide bonds. The number of rotatable bonds is 2. The molecule has 0 heterocycles. The van der Waals surface area contributed by atoms with Crippen LogP contribution in [0.25, 0.3) is 0 Å². The number of hydrogen-bond acceptors (Lipinski definition) is 2. The summed E-state index contributed by atoms with van der Waals surface area (Å²) in [6.45, 7) is 0. The van der Waals surface area contributed by atoms with E-state index in [-0.39, 0.29) is 12.0 Å². The molecule has 0 aromatic heterocycles. The molecule has 1 aromatic rings. The number of carbonyl (C=O) groups is 1. The molecule has 66 valence electrons. The van der Waals surface area contributed by atoms with Crippen LogP contribution >= 0.6 is 22.6 Å². The highest BCUT2D eigenvalue weighted by Gasteiger charge is 2.07. The van der Waals surface area contributed by atoms with Gasteiger partial charge in [-0.15, -0.1) is 0 Å². The first-order valence-corrected chi connectivity index (χ1v) is 4.57. The van der Waals surface area contributed by atoms with Gasteiger partial charge in [0.15, 0.2) is 6.29 Å². The SMILES string of the molecule is N#CCc1cc(F)c(C=O)c(I)c1. The van der Waals surface area contributed by atoms with Gasteiger partial charge in [0.1, 0.15) is 5.82 Å². The quantitative estimate of drug-likeness (QED) is 0.619. The zero-order valence-corrected chi connectivity index (χ0v) is 8.71. The van der Waals surface area contributed by atoms with Gasteiger partial charge in [-0.1, -0.05) is 0 Å². The van der Waals surface area contributed by atoms with Crippen molar-refractivity contribution < 1.29 is 9.18 Å². The van der Waals surface area contributed by atoms with E-state index in [9.17, 15) is 9.18 Å². The Kier molecular flexibility index (Phi) is 3.37. The topological polar surface area (TPSA) is 40.9 Å². The maximum Gasteiger partial charge on any atom is 0.154 e. The Labute approximate surface area is 88.5 Å². The number of nitriles is 1. The van der Waals surface area contributed by atoms with Crippen molar-refractivity contribution in [3.8, 4) is 6.07 Å². The molecular formula is C9H5FINO. The number of halogens is 2. The zero-order valence-electron chi connectivity index (χ0n) is 6.55. The van der Waals surface area contributed by atoms with Gasteiger partial charge in [-0.3, -0.25) is 4.79 Å². The van der Waals surface area contributed by atoms with Gasteiger partial charge in [0.2, 0.25) is 0 Å². The van der Waals surface area contributed by atoms with E-state index in [1.165, 1.54) is 6.07 Å². The molecule has 4 heteroatoms. The van der Waals surface area contributed by atoms with E-state index in [2.05, 4.69) is 0 Å². The average Bonchev–Trinajstić information content (AvgIpc) is 2.04. The second-order valence-corrected chi connectivity index (χ2v) is 3.59. The van der Waals surface area contributed by atoms with Crippen LogP contribution in [0.4, 0.5) is 4.39 Å². The summed E-state index contributed by atoms with van der Waals surface area (Å²) in [5.74, 6) is -0.563. The van der Waals surface area contributed by atoms with E-state index in [0.29, 0.717) is 15.4 Å². The molecule has 0 saturated carbocycles. The second-order valence-electron chi connectivity index (χ2n) is 2.43. The summed E-state index contributed by atoms with van der Waals surface area (Å²) in [7, 11) is 0. The number of benzene rings is 1. The Hall–Kier alpha value is -0.960. The molecule has 0 atom stereocenters. The van der Waals surface area contributed by atoms with Crippen molar-refractivity contribution in [2.24, 2.45) is 0 Å². The number of nitrogens with zero attached hydrogens (tertiary/aromatic N) is 1. The lowest BCUT2D eigenvalue weighted by atomic mass is 10.1. The maximum atomic E-state index is 13.1. The molecule has 1 aromatic carbocycles. The minimum atomic E-state index is -0.563. The van der Waals surface area contributed by atoms with Crippen molar-refractivity contribution in [2.45, 2.75) is 6.42 Å². The molecule has 2 nitrogen and oxygen atoms in total. The predicted octanol–water partition coefficient (Wildman–Crippen LogP) is 2.31. The van der Waals surface area contributed by atoms with Gasteiger partial charge in [0.05, 0.1) is 18.1 Å². The van der Waals surface area contributed by atoms with Gasteiger partial charge in [0.25, 0.3) is 0 Å². The Morgan fingerprint density at radius 3 is 2.77 bits per heavy atom. The molecular weight excluding hydrogens is 284 g/mol. The van der Waals surface area contributed by atoms with Gasteiger partial charge >= 0.3 is 0 Å². The molecule has 0 bridgehead atoms. The van der Waals surface area contributed by atoms with E-state index in [1.54, 1.807) is 6.07 Å². The highest BCUT2D eigenvalue weighted by atomic mass is 127. The molecule has 0 fully saturated rings. The average molecular weight is 289 g/mol. The Morgan fingerprint density at radius 2 is 2.31 bits per heavy atom. The minimum absolute atomic E-state index is 0.0577. The summed E-state index contributed by atoms with van der Waals surface area (Å²) in [6, 6.07) is 4.77. The lowest BCUT2D eigenvalue weighted by Crippen LogP contribution is -1.95. The van der Waals surface area contributed by atoms with E-state index >= 15 is 0 Å². The molecule has 1 rings (SSSR count). The van der Waals surface area contributed by atoms with Gasteiger partial charge in [-0.2, -0.15) is 5.26 Å². The largest absolute Gasteiger partial charge is 0.298 e. The van der Waals surface area contributed by atoms with E-state index in [1.807, 2.05) is 28.7 Å². The summed E-state index contributed by atoms with van der Waals surface area (Å²) in [4.78, 5) is 10.4. The highest BCUT2D eigenvalue weighted by Crippen LogP contribution is 2.17. The first kappa shape index (κ1) is 10.1. The van der Waals surface area contributed by atoms with Crippen LogP contribution in [-0.4, -0.2) is 6.29 Å². The lowest BCUT2D eigenvalue weighted by molar-refractivity contribution is 0.111. The molecule has 13 heavy (non-hydrogen) atoms. The van der Waals surface area contributed by atoms with Crippen molar-refractivity contribution >= 4 is 28.9 Å². The highest BCUT2D eigenvalue weighted by molar-refractivity contribution is 14.1. The fraction of sp³-hybridized carbons (Fsp3) is 0.111. The van der Waals surface area contributed by atoms with Gasteiger partial charge in [-0.25, -0.2) is 4.39 Å². The van der Waals surface area contributed by atoms with Crippen LogP contribution in [0.5, 0.6) is 0 Å². The first-order chi connectivity index (χ1) is 6.19. The monoisotopic (exact) mass is 289 g/mol. The standard InChI is InChI=1S/C9H5FINO/c10-8-3-6(1-2-12)4-9(11)7(8)5-13/h3-5H,1H2. The maximum absolute atomic E-state index is 13.1. The van der Waals surface area contributed by atoms with Gasteiger partial charge in [-0.05, 0) is 40.3 Å². The van der Waals surface area contributed by atoms with Crippen LogP contribution in [0.15, 0.2) is 12.1 Å². The molecule has 0 aliphatic rings. The summed E-state index contributed by atoms with van der Waals surface area (Å²) >= 11 is 1.87. The van der Waals surface area contributed by atoms with Crippen molar-refractivity contribution in [1.29, 1.82) is 5.26 Å². The summed E-state index contributed by atoms with van der Waals surface area (Å²) in [5.41, 5.74) is 0.650. The third kappa shape index (κ3) is 2.25. The normalized spacial score (nSPS) is 9.31. The smallest absolute Gasteiger partial charge is 0.154 e. The third-order valence-corrected chi connectivity index (χ3v) is 2.43. The van der Waals surface area contributed by atoms with Crippen LogP contribution in [-0.2, 0) is 6.42 Å². The predicted molar refractivity (Wildman–Crippen MR) is 53.8 cm³/mol. The summed E-state index contributed by atoms with van der Waals surface area (Å²) in [6.07, 6.45) is 0.638. The molecule has 0 spiro atoms. The molecule has 0 unspecified atom stereocenters. The first-order valence-electron chi connectivity index (χ1n) is 3.49. The second kappa shape index (κ2) is 4.33. The van der Waals surface area contributed by atoms with Crippen LogP contribution < -0.4 is 0 Å². The zero-order chi connectivity index (χ0) is 9.84. The van der Waals surface area contributed by atoms with Crippen molar-refractivity contribution in [3.63, 3.8) is 0 Å². The molecule has 0 saturated heterocycles. The number of carbonyl (C=O) groups excluding carboxylic acids is 1. The van der Waals surface area contributed by atoms with Crippen molar-refractivity contribution in [1.82, 2.24) is 0 Å². The van der Waals surface area contributed by atoms with Crippen molar-refractivity contribution in [3.05, 3.63) is 32.6 Å². The number of hydrogen-bond donors (Lipinski definition) is 0. The molecule has 0 radical (unpaired) electrons. The van der Waals surface area contributed by atoms with Gasteiger partial charge in [0, 0.05) is 3.57 Å². The Bertz CT molecular complexity index is 361. The fourth-order valence-electron chi connectivity index (χ4n) is 0.943. The Balaban J connectivity index is 3.21.